The van der Waals surface area contributed by atoms with Gasteiger partial charge in [-0.25, -0.2) is 9.37 Å². The molecule has 222 valence electrons. The first-order valence-electron chi connectivity index (χ1n) is 13.8. The van der Waals surface area contributed by atoms with Crippen molar-refractivity contribution in [1.29, 1.82) is 5.26 Å². The van der Waals surface area contributed by atoms with Gasteiger partial charge in [-0.2, -0.15) is 23.5 Å². The number of halogens is 5. The van der Waals surface area contributed by atoms with Crippen molar-refractivity contribution in [1.82, 2.24) is 25.0 Å². The van der Waals surface area contributed by atoms with E-state index in [9.17, 15) is 13.2 Å². The van der Waals surface area contributed by atoms with Crippen LogP contribution >= 0.6 is 11.6 Å². The van der Waals surface area contributed by atoms with E-state index in [1.807, 2.05) is 18.8 Å². The number of nitrogens with one attached hydrogen (secondary N) is 1. The number of alkyl halides is 3. The van der Waals surface area contributed by atoms with E-state index >= 15 is 4.39 Å². The molecular weight excluding hydrogens is 570 g/mol. The van der Waals surface area contributed by atoms with Crippen LogP contribution in [0.3, 0.4) is 0 Å². The van der Waals surface area contributed by atoms with Crippen LogP contribution in [-0.2, 0) is 6.18 Å². The molecule has 0 saturated carbocycles. The van der Waals surface area contributed by atoms with E-state index in [1.54, 1.807) is 18.3 Å². The summed E-state index contributed by atoms with van der Waals surface area (Å²) in [6.45, 7) is 5.88. The van der Waals surface area contributed by atoms with E-state index in [0.717, 1.165) is 31.3 Å². The third-order valence-corrected chi connectivity index (χ3v) is 8.37. The van der Waals surface area contributed by atoms with Crippen molar-refractivity contribution in [2.75, 3.05) is 45.2 Å². The molecule has 2 aliphatic heterocycles. The number of rotatable bonds is 4. The minimum absolute atomic E-state index is 0.000968. The second-order valence-corrected chi connectivity index (χ2v) is 11.4. The molecule has 2 saturated heterocycles. The average Bonchev–Trinajstić information content (AvgIpc) is 3.34. The Labute approximate surface area is 246 Å². The molecule has 0 bridgehead atoms. The number of aromatic nitrogens is 3. The summed E-state index contributed by atoms with van der Waals surface area (Å²) >= 11 is 6.63. The molecule has 0 amide bonds. The number of nitriles is 1. The van der Waals surface area contributed by atoms with Gasteiger partial charge in [-0.05, 0) is 64.1 Å². The first-order valence-corrected chi connectivity index (χ1v) is 14.1. The first-order chi connectivity index (χ1) is 20.0. The van der Waals surface area contributed by atoms with Crippen molar-refractivity contribution in [2.45, 2.75) is 44.9 Å². The van der Waals surface area contributed by atoms with Crippen LogP contribution in [0.2, 0.25) is 5.02 Å². The zero-order valence-electron chi connectivity index (χ0n) is 23.9. The number of benzene rings is 2. The minimum Gasteiger partial charge on any atom is -0.353 e. The minimum atomic E-state index is -4.68. The molecule has 7 nitrogen and oxygen atoms in total. The number of nitrogens with zero attached hydrogens (tertiary/aromatic N) is 6. The van der Waals surface area contributed by atoms with E-state index in [2.05, 4.69) is 15.1 Å². The number of hydrogen-bond acceptors (Lipinski definition) is 6. The second kappa shape index (κ2) is 11.7. The molecule has 2 aromatic carbocycles. The largest absolute Gasteiger partial charge is 0.417 e. The number of aryl methyl sites for hydroxylation is 1. The summed E-state index contributed by atoms with van der Waals surface area (Å²) in [4.78, 5) is 8.94. The van der Waals surface area contributed by atoms with E-state index in [1.165, 1.54) is 32.0 Å². The van der Waals surface area contributed by atoms with Gasteiger partial charge >= 0.3 is 6.18 Å². The molecule has 4 heterocycles. The molecule has 0 radical (unpaired) electrons. The standard InChI is InChI=1S/C28H29ClF4N6.C2H3N/c1-15-5-4-6-18(23(15)28(31,32)33)22-21(29)11-19-25(24(22)30)36-27(38-13-17(14-38)37(2)3)20-12-35-39(26(19)20)16-7-9-34-10-8-16;1-2-3/h4-6,11-12,16-17,34H,7-10,13-14H2,1-3H3;1H3. The topological polar surface area (TPSA) is 73.0 Å². The number of piperidine rings is 1. The van der Waals surface area contributed by atoms with Crippen LogP contribution in [-0.4, -0.2) is 66.0 Å². The predicted molar refractivity (Wildman–Crippen MR) is 157 cm³/mol. The maximum absolute atomic E-state index is 16.5. The molecule has 2 aliphatic rings. The Hall–Kier alpha value is -3.46. The van der Waals surface area contributed by atoms with E-state index < -0.39 is 17.6 Å². The Balaban J connectivity index is 0.00000113. The third kappa shape index (κ3) is 5.27. The van der Waals surface area contributed by atoms with Crippen molar-refractivity contribution >= 4 is 39.2 Å². The average molecular weight is 602 g/mol. The van der Waals surface area contributed by atoms with Crippen molar-refractivity contribution < 1.29 is 17.6 Å². The third-order valence-electron chi connectivity index (χ3n) is 8.07. The highest BCUT2D eigenvalue weighted by molar-refractivity contribution is 6.35. The smallest absolute Gasteiger partial charge is 0.353 e. The number of anilines is 1. The zero-order chi connectivity index (χ0) is 30.3. The van der Waals surface area contributed by atoms with Gasteiger partial charge in [0, 0.05) is 37.0 Å². The highest BCUT2D eigenvalue weighted by Gasteiger charge is 2.37. The van der Waals surface area contributed by atoms with Gasteiger partial charge in [0.25, 0.3) is 0 Å². The lowest BCUT2D eigenvalue weighted by atomic mass is 9.93. The Morgan fingerprint density at radius 2 is 1.81 bits per heavy atom. The van der Waals surface area contributed by atoms with Crippen LogP contribution in [0.1, 0.15) is 36.9 Å². The number of pyridine rings is 1. The molecule has 2 aromatic heterocycles. The summed E-state index contributed by atoms with van der Waals surface area (Å²) in [5.74, 6) is -0.275. The zero-order valence-corrected chi connectivity index (χ0v) is 24.6. The molecule has 2 fully saturated rings. The fourth-order valence-electron chi connectivity index (χ4n) is 5.88. The molecule has 42 heavy (non-hydrogen) atoms. The highest BCUT2D eigenvalue weighted by atomic mass is 35.5. The maximum Gasteiger partial charge on any atom is 0.417 e. The van der Waals surface area contributed by atoms with E-state index in [-0.39, 0.29) is 33.3 Å². The Morgan fingerprint density at radius 3 is 2.43 bits per heavy atom. The molecule has 4 aromatic rings. The van der Waals surface area contributed by atoms with Crippen LogP contribution in [0, 0.1) is 24.1 Å². The van der Waals surface area contributed by atoms with Crippen LogP contribution < -0.4 is 10.2 Å². The summed E-state index contributed by atoms with van der Waals surface area (Å²) in [5, 5.41) is 16.5. The molecule has 12 heteroatoms. The van der Waals surface area contributed by atoms with Gasteiger partial charge in [-0.15, -0.1) is 0 Å². The van der Waals surface area contributed by atoms with Gasteiger partial charge in [-0.3, -0.25) is 4.68 Å². The van der Waals surface area contributed by atoms with Gasteiger partial charge in [0.2, 0.25) is 0 Å². The monoisotopic (exact) mass is 601 g/mol. The van der Waals surface area contributed by atoms with Gasteiger partial charge < -0.3 is 15.1 Å². The summed E-state index contributed by atoms with van der Waals surface area (Å²) in [5.41, 5.74) is -0.778. The molecule has 6 rings (SSSR count). The van der Waals surface area contributed by atoms with E-state index in [4.69, 9.17) is 26.9 Å². The van der Waals surface area contributed by atoms with Crippen molar-refractivity contribution in [3.05, 3.63) is 52.4 Å². The fourth-order valence-corrected chi connectivity index (χ4v) is 6.18. The summed E-state index contributed by atoms with van der Waals surface area (Å²) < 4.78 is 60.8. The Bertz CT molecular complexity index is 1660. The molecule has 1 N–H and O–H groups in total. The molecule has 0 unspecified atom stereocenters. The van der Waals surface area contributed by atoms with Crippen molar-refractivity contribution in [3.8, 4) is 17.2 Å². The lowest BCUT2D eigenvalue weighted by molar-refractivity contribution is -0.137. The fraction of sp³-hybridized carbons (Fsp3) is 0.433. The highest BCUT2D eigenvalue weighted by Crippen LogP contribution is 2.46. The molecular formula is C30H32ClF4N7. The van der Waals surface area contributed by atoms with Crippen molar-refractivity contribution in [2.24, 2.45) is 0 Å². The molecule has 0 atom stereocenters. The number of hydrogen-bond donors (Lipinski definition) is 1. The number of likely N-dealkylation sites (N-methyl/N-ethyl adjacent to an activating group) is 1. The summed E-state index contributed by atoms with van der Waals surface area (Å²) in [7, 11) is 4.02. The van der Waals surface area contributed by atoms with Crippen LogP contribution in [0.25, 0.3) is 32.9 Å². The summed E-state index contributed by atoms with van der Waals surface area (Å²) in [6, 6.07) is 7.83. The van der Waals surface area contributed by atoms with Gasteiger partial charge in [0.15, 0.2) is 5.82 Å². The molecule has 0 spiro atoms. The predicted octanol–water partition coefficient (Wildman–Crippen LogP) is 6.58. The molecule has 0 aliphatic carbocycles. The van der Waals surface area contributed by atoms with Gasteiger partial charge in [0.1, 0.15) is 11.3 Å². The normalized spacial score (nSPS) is 16.5. The van der Waals surface area contributed by atoms with Crippen molar-refractivity contribution in [3.63, 3.8) is 0 Å². The van der Waals surface area contributed by atoms with Crippen LogP contribution in [0.4, 0.5) is 23.4 Å². The van der Waals surface area contributed by atoms with Gasteiger partial charge in [0.05, 0.1) is 39.8 Å². The SMILES string of the molecule is CC#N.Cc1cccc(-c2c(Cl)cc3c(nc(N4CC(N(C)C)C4)c4cnn(C5CCNCC5)c43)c2F)c1C(F)(F)F. The second-order valence-electron chi connectivity index (χ2n) is 11.0. The number of fused-ring (bicyclic) bond motifs is 3. The maximum atomic E-state index is 16.5. The van der Waals surface area contributed by atoms with Crippen LogP contribution in [0.5, 0.6) is 0 Å². The summed E-state index contributed by atoms with van der Waals surface area (Å²) in [6.07, 6.45) is -1.20. The van der Waals surface area contributed by atoms with E-state index in [0.29, 0.717) is 35.9 Å². The Morgan fingerprint density at radius 1 is 1.14 bits per heavy atom. The lowest BCUT2D eigenvalue weighted by Gasteiger charge is -2.43. The van der Waals surface area contributed by atoms with Gasteiger partial charge in [-0.1, -0.05) is 29.8 Å². The van der Waals surface area contributed by atoms with Crippen LogP contribution in [0.15, 0.2) is 30.5 Å². The quantitative estimate of drug-likeness (QED) is 0.267. The lowest BCUT2D eigenvalue weighted by Crippen LogP contribution is -2.57. The Kier molecular flexibility index (Phi) is 8.34. The first kappa shape index (κ1) is 30.0.